The van der Waals surface area contributed by atoms with E-state index in [1.165, 1.54) is 5.56 Å². The van der Waals surface area contributed by atoms with Gasteiger partial charge in [0.25, 0.3) is 5.91 Å². The summed E-state index contributed by atoms with van der Waals surface area (Å²) in [5.41, 5.74) is 3.47. The molecule has 1 N–H and O–H groups in total. The lowest BCUT2D eigenvalue weighted by atomic mass is 10.1. The van der Waals surface area contributed by atoms with Crippen LogP contribution in [0.3, 0.4) is 0 Å². The third-order valence-electron chi connectivity index (χ3n) is 4.41. The first-order valence-corrected chi connectivity index (χ1v) is 9.69. The molecule has 1 aromatic carbocycles. The molecule has 0 saturated carbocycles. The third-order valence-corrected chi connectivity index (χ3v) is 4.41. The maximum atomic E-state index is 12.8. The largest absolute Gasteiger partial charge is 0.486 e. The van der Waals surface area contributed by atoms with Gasteiger partial charge < -0.3 is 10.1 Å². The molecular formula is C22H27N5O2. The SMILES string of the molecule is CCc1ccc(Cn2nnc(C(=O)Nc3cnccc3OC(C)(C)C)c2C)cc1. The number of benzene rings is 1. The number of pyridine rings is 1. The van der Waals surface area contributed by atoms with E-state index in [0.717, 1.165) is 12.0 Å². The van der Waals surface area contributed by atoms with Gasteiger partial charge in [0.15, 0.2) is 5.69 Å². The Morgan fingerprint density at radius 1 is 1.14 bits per heavy atom. The Morgan fingerprint density at radius 2 is 1.83 bits per heavy atom. The number of hydrogen-bond donors (Lipinski definition) is 1. The average molecular weight is 393 g/mol. The number of carbonyl (C=O) groups excluding carboxylic acids is 1. The lowest BCUT2D eigenvalue weighted by Gasteiger charge is -2.22. The zero-order valence-corrected chi connectivity index (χ0v) is 17.6. The Bertz CT molecular complexity index is 987. The van der Waals surface area contributed by atoms with Crippen molar-refractivity contribution < 1.29 is 9.53 Å². The van der Waals surface area contributed by atoms with Crippen LogP contribution in [0.4, 0.5) is 5.69 Å². The van der Waals surface area contributed by atoms with Gasteiger partial charge in [0.05, 0.1) is 18.4 Å². The minimum atomic E-state index is -0.396. The van der Waals surface area contributed by atoms with Crippen LogP contribution in [0.2, 0.25) is 0 Å². The predicted molar refractivity (Wildman–Crippen MR) is 112 cm³/mol. The van der Waals surface area contributed by atoms with Crippen molar-refractivity contribution in [2.24, 2.45) is 0 Å². The Balaban J connectivity index is 1.76. The van der Waals surface area contributed by atoms with Crippen LogP contribution in [0.15, 0.2) is 42.7 Å². The maximum Gasteiger partial charge on any atom is 0.278 e. The first kappa shape index (κ1) is 20.5. The second kappa shape index (κ2) is 8.43. The Labute approximate surface area is 171 Å². The first-order chi connectivity index (χ1) is 13.8. The van der Waals surface area contributed by atoms with Crippen molar-refractivity contribution in [1.82, 2.24) is 20.0 Å². The first-order valence-electron chi connectivity index (χ1n) is 9.69. The average Bonchev–Trinajstić information content (AvgIpc) is 3.03. The highest BCUT2D eigenvalue weighted by Gasteiger charge is 2.20. The number of amides is 1. The summed E-state index contributed by atoms with van der Waals surface area (Å²) >= 11 is 0. The molecule has 7 nitrogen and oxygen atoms in total. The molecule has 0 spiro atoms. The van der Waals surface area contributed by atoms with Gasteiger partial charge in [-0.25, -0.2) is 4.68 Å². The van der Waals surface area contributed by atoms with Crippen molar-refractivity contribution in [3.63, 3.8) is 0 Å². The summed E-state index contributed by atoms with van der Waals surface area (Å²) in [6, 6.07) is 10.1. The molecule has 0 aliphatic heterocycles. The fourth-order valence-corrected chi connectivity index (χ4v) is 2.85. The zero-order valence-electron chi connectivity index (χ0n) is 17.6. The third kappa shape index (κ3) is 5.19. The molecule has 29 heavy (non-hydrogen) atoms. The van der Waals surface area contributed by atoms with Crippen molar-refractivity contribution in [3.05, 3.63) is 65.2 Å². The monoisotopic (exact) mass is 393 g/mol. The standard InChI is InChI=1S/C22H27N5O2/c1-6-16-7-9-17(10-8-16)14-27-15(2)20(25-26-27)21(28)24-18-13-23-12-11-19(18)29-22(3,4)5/h7-13H,6,14H2,1-5H3,(H,24,28). The summed E-state index contributed by atoms with van der Waals surface area (Å²) in [5.74, 6) is 0.212. The maximum absolute atomic E-state index is 12.8. The Kier molecular flexibility index (Phi) is 5.96. The summed E-state index contributed by atoms with van der Waals surface area (Å²) in [6.07, 6.45) is 4.19. The number of nitrogens with one attached hydrogen (secondary N) is 1. The second-order valence-electron chi connectivity index (χ2n) is 7.89. The van der Waals surface area contributed by atoms with Gasteiger partial charge in [0, 0.05) is 12.3 Å². The smallest absolute Gasteiger partial charge is 0.278 e. The number of aromatic nitrogens is 4. The van der Waals surface area contributed by atoms with Gasteiger partial charge in [0.1, 0.15) is 17.0 Å². The molecule has 2 aromatic heterocycles. The molecule has 0 unspecified atom stereocenters. The van der Waals surface area contributed by atoms with Crippen LogP contribution >= 0.6 is 0 Å². The normalized spacial score (nSPS) is 11.3. The molecule has 152 valence electrons. The minimum absolute atomic E-state index is 0.278. The summed E-state index contributed by atoms with van der Waals surface area (Å²) in [4.78, 5) is 16.9. The van der Waals surface area contributed by atoms with Gasteiger partial charge >= 0.3 is 0 Å². The molecular weight excluding hydrogens is 366 g/mol. The van der Waals surface area contributed by atoms with E-state index < -0.39 is 5.60 Å². The Hall–Kier alpha value is -3.22. The molecule has 0 aliphatic carbocycles. The highest BCUT2D eigenvalue weighted by Crippen LogP contribution is 2.27. The predicted octanol–water partition coefficient (Wildman–Crippen LogP) is 4.02. The summed E-state index contributed by atoms with van der Waals surface area (Å²) in [5, 5.41) is 11.1. The number of carbonyl (C=O) groups is 1. The van der Waals surface area contributed by atoms with E-state index in [1.54, 1.807) is 23.1 Å². The van der Waals surface area contributed by atoms with Crippen molar-refractivity contribution >= 4 is 11.6 Å². The van der Waals surface area contributed by atoms with E-state index in [9.17, 15) is 4.79 Å². The fraction of sp³-hybridized carbons (Fsp3) is 0.364. The van der Waals surface area contributed by atoms with E-state index in [-0.39, 0.29) is 11.6 Å². The molecule has 2 heterocycles. The fourth-order valence-electron chi connectivity index (χ4n) is 2.85. The summed E-state index contributed by atoms with van der Waals surface area (Å²) in [6.45, 7) is 10.4. The van der Waals surface area contributed by atoms with Crippen LogP contribution < -0.4 is 10.1 Å². The molecule has 0 aliphatic rings. The molecule has 7 heteroatoms. The quantitative estimate of drug-likeness (QED) is 0.684. The highest BCUT2D eigenvalue weighted by atomic mass is 16.5. The van der Waals surface area contributed by atoms with Gasteiger partial charge in [0.2, 0.25) is 0 Å². The molecule has 1 amide bonds. The molecule has 0 fully saturated rings. The molecule has 0 saturated heterocycles. The van der Waals surface area contributed by atoms with Crippen LogP contribution in [0.25, 0.3) is 0 Å². The van der Waals surface area contributed by atoms with E-state index >= 15 is 0 Å². The zero-order chi connectivity index (χ0) is 21.0. The van der Waals surface area contributed by atoms with Crippen LogP contribution in [-0.2, 0) is 13.0 Å². The van der Waals surface area contributed by atoms with Gasteiger partial charge in [-0.2, -0.15) is 0 Å². The van der Waals surface area contributed by atoms with Gasteiger partial charge in [-0.05, 0) is 45.2 Å². The minimum Gasteiger partial charge on any atom is -0.486 e. The van der Waals surface area contributed by atoms with E-state index in [2.05, 4.69) is 51.8 Å². The van der Waals surface area contributed by atoms with Crippen molar-refractivity contribution in [2.45, 2.75) is 53.2 Å². The second-order valence-corrected chi connectivity index (χ2v) is 7.89. The topological polar surface area (TPSA) is 81.9 Å². The van der Waals surface area contributed by atoms with Gasteiger partial charge in [-0.3, -0.25) is 9.78 Å². The van der Waals surface area contributed by atoms with E-state index in [1.807, 2.05) is 27.7 Å². The molecule has 0 atom stereocenters. The van der Waals surface area contributed by atoms with Crippen molar-refractivity contribution in [3.8, 4) is 5.75 Å². The van der Waals surface area contributed by atoms with Crippen LogP contribution in [0.1, 0.15) is 55.0 Å². The molecule has 0 bridgehead atoms. The molecule has 3 rings (SSSR count). The van der Waals surface area contributed by atoms with Gasteiger partial charge in [-0.1, -0.05) is 36.4 Å². The van der Waals surface area contributed by atoms with Gasteiger partial charge in [-0.15, -0.1) is 5.10 Å². The Morgan fingerprint density at radius 3 is 2.48 bits per heavy atom. The molecule has 3 aromatic rings. The number of nitrogens with zero attached hydrogens (tertiary/aromatic N) is 4. The van der Waals surface area contributed by atoms with E-state index in [4.69, 9.17) is 4.74 Å². The van der Waals surface area contributed by atoms with Crippen molar-refractivity contribution in [1.29, 1.82) is 0 Å². The lowest BCUT2D eigenvalue weighted by Crippen LogP contribution is -2.24. The molecule has 0 radical (unpaired) electrons. The summed E-state index contributed by atoms with van der Waals surface area (Å²) < 4.78 is 7.63. The summed E-state index contributed by atoms with van der Waals surface area (Å²) in [7, 11) is 0. The van der Waals surface area contributed by atoms with Crippen LogP contribution in [0, 0.1) is 6.92 Å². The number of hydrogen-bond acceptors (Lipinski definition) is 5. The van der Waals surface area contributed by atoms with Crippen LogP contribution in [-0.4, -0.2) is 31.5 Å². The van der Waals surface area contributed by atoms with Crippen LogP contribution in [0.5, 0.6) is 5.75 Å². The number of aryl methyl sites for hydroxylation is 1. The number of ether oxygens (including phenoxy) is 1. The highest BCUT2D eigenvalue weighted by molar-refractivity contribution is 6.04. The number of rotatable bonds is 6. The lowest BCUT2D eigenvalue weighted by molar-refractivity contribution is 0.101. The van der Waals surface area contributed by atoms with Crippen molar-refractivity contribution in [2.75, 3.05) is 5.32 Å². The van der Waals surface area contributed by atoms with E-state index in [0.29, 0.717) is 23.7 Å². The number of anilines is 1.